The second-order valence-electron chi connectivity index (χ2n) is 4.23. The number of morpholine rings is 1. The Kier molecular flexibility index (Phi) is 3.25. The van der Waals surface area contributed by atoms with Gasteiger partial charge in [0.25, 0.3) is 5.91 Å². The highest BCUT2D eigenvalue weighted by Gasteiger charge is 2.28. The lowest BCUT2D eigenvalue weighted by molar-refractivity contribution is -0.0585. The third-order valence-electron chi connectivity index (χ3n) is 2.65. The van der Waals surface area contributed by atoms with Gasteiger partial charge in [-0.25, -0.2) is 4.98 Å². The molecule has 0 aromatic carbocycles. The number of aromatic nitrogens is 1. The Labute approximate surface area is 99.2 Å². The van der Waals surface area contributed by atoms with Crippen LogP contribution in [0.1, 0.15) is 29.2 Å². The van der Waals surface area contributed by atoms with Gasteiger partial charge < -0.3 is 9.64 Å². The fourth-order valence-electron chi connectivity index (χ4n) is 1.99. The highest BCUT2D eigenvalue weighted by atomic mass is 32.1. The molecule has 2 atom stereocenters. The van der Waals surface area contributed by atoms with E-state index in [2.05, 4.69) is 4.98 Å². The number of rotatable bonds is 1. The van der Waals surface area contributed by atoms with Crippen molar-refractivity contribution >= 4 is 17.2 Å². The Morgan fingerprint density at radius 3 is 2.62 bits per heavy atom. The van der Waals surface area contributed by atoms with Crippen LogP contribution in [0.4, 0.5) is 0 Å². The molecule has 0 bridgehead atoms. The van der Waals surface area contributed by atoms with Crippen molar-refractivity contribution in [2.45, 2.75) is 33.0 Å². The van der Waals surface area contributed by atoms with Crippen LogP contribution < -0.4 is 0 Å². The van der Waals surface area contributed by atoms with Gasteiger partial charge in [0.15, 0.2) is 0 Å². The molecule has 2 heterocycles. The molecule has 4 nitrogen and oxygen atoms in total. The van der Waals surface area contributed by atoms with Gasteiger partial charge in [0.2, 0.25) is 0 Å². The van der Waals surface area contributed by atoms with Crippen molar-refractivity contribution in [2.24, 2.45) is 0 Å². The Hall–Kier alpha value is -0.940. The maximum atomic E-state index is 12.2. The summed E-state index contributed by atoms with van der Waals surface area (Å²) in [6, 6.07) is 0. The Bertz CT molecular complexity index is 381. The van der Waals surface area contributed by atoms with E-state index in [9.17, 15) is 4.79 Å². The summed E-state index contributed by atoms with van der Waals surface area (Å²) in [6.07, 6.45) is 0.224. The Morgan fingerprint density at radius 2 is 2.12 bits per heavy atom. The fourth-order valence-corrected chi connectivity index (χ4v) is 2.76. The van der Waals surface area contributed by atoms with Crippen molar-refractivity contribution in [3.8, 4) is 0 Å². The first kappa shape index (κ1) is 11.5. The SMILES string of the molecule is Cc1ncsc1C(=O)N1CC(C)OC(C)C1. The minimum absolute atomic E-state index is 0.0852. The standard InChI is InChI=1S/C11H16N2O2S/c1-7-4-13(5-8(2)15-7)11(14)10-9(3)12-6-16-10/h6-8H,4-5H2,1-3H3. The molecular formula is C11H16N2O2S. The monoisotopic (exact) mass is 240 g/mol. The topological polar surface area (TPSA) is 42.4 Å². The molecular weight excluding hydrogens is 224 g/mol. The van der Waals surface area contributed by atoms with Gasteiger partial charge in [0.1, 0.15) is 4.88 Å². The molecule has 0 saturated carbocycles. The summed E-state index contributed by atoms with van der Waals surface area (Å²) < 4.78 is 5.61. The smallest absolute Gasteiger partial charge is 0.266 e. The van der Waals surface area contributed by atoms with Crippen LogP contribution in [-0.4, -0.2) is 41.1 Å². The Morgan fingerprint density at radius 1 is 1.50 bits per heavy atom. The summed E-state index contributed by atoms with van der Waals surface area (Å²) in [4.78, 5) is 18.9. The van der Waals surface area contributed by atoms with E-state index in [0.29, 0.717) is 13.1 Å². The highest BCUT2D eigenvalue weighted by molar-refractivity contribution is 7.11. The van der Waals surface area contributed by atoms with Crippen LogP contribution in [-0.2, 0) is 4.74 Å². The summed E-state index contributed by atoms with van der Waals surface area (Å²) >= 11 is 1.41. The zero-order valence-electron chi connectivity index (χ0n) is 9.77. The number of aryl methyl sites for hydroxylation is 1. The van der Waals surface area contributed by atoms with Gasteiger partial charge in [-0.05, 0) is 20.8 Å². The maximum absolute atomic E-state index is 12.2. The van der Waals surface area contributed by atoms with Gasteiger partial charge in [0.05, 0.1) is 23.4 Å². The van der Waals surface area contributed by atoms with Crippen LogP contribution in [0, 0.1) is 6.92 Å². The van der Waals surface area contributed by atoms with Crippen LogP contribution >= 0.6 is 11.3 Å². The van der Waals surface area contributed by atoms with E-state index in [0.717, 1.165) is 10.6 Å². The predicted molar refractivity (Wildman–Crippen MR) is 62.8 cm³/mol. The van der Waals surface area contributed by atoms with Gasteiger partial charge in [-0.2, -0.15) is 0 Å². The van der Waals surface area contributed by atoms with E-state index < -0.39 is 0 Å². The summed E-state index contributed by atoms with van der Waals surface area (Å²) in [7, 11) is 0. The van der Waals surface area contributed by atoms with E-state index in [-0.39, 0.29) is 18.1 Å². The molecule has 1 amide bonds. The summed E-state index contributed by atoms with van der Waals surface area (Å²) in [5.74, 6) is 0.0852. The molecule has 2 unspecified atom stereocenters. The van der Waals surface area contributed by atoms with Crippen molar-refractivity contribution in [1.82, 2.24) is 9.88 Å². The largest absolute Gasteiger partial charge is 0.372 e. The first-order chi connectivity index (χ1) is 7.58. The molecule has 0 N–H and O–H groups in total. The van der Waals surface area contributed by atoms with E-state index in [1.807, 2.05) is 25.7 Å². The van der Waals surface area contributed by atoms with Gasteiger partial charge in [-0.1, -0.05) is 0 Å². The van der Waals surface area contributed by atoms with Crippen LogP contribution in [0.25, 0.3) is 0 Å². The molecule has 16 heavy (non-hydrogen) atoms. The van der Waals surface area contributed by atoms with Gasteiger partial charge in [0, 0.05) is 13.1 Å². The van der Waals surface area contributed by atoms with Crippen LogP contribution in [0.3, 0.4) is 0 Å². The normalized spacial score (nSPS) is 25.8. The number of ether oxygens (including phenoxy) is 1. The Balaban J connectivity index is 2.13. The average molecular weight is 240 g/mol. The highest BCUT2D eigenvalue weighted by Crippen LogP contribution is 2.18. The molecule has 1 aliphatic rings. The summed E-state index contributed by atoms with van der Waals surface area (Å²) in [6.45, 7) is 7.20. The van der Waals surface area contributed by atoms with Crippen molar-refractivity contribution in [3.05, 3.63) is 16.1 Å². The second kappa shape index (κ2) is 4.51. The maximum Gasteiger partial charge on any atom is 0.266 e. The quantitative estimate of drug-likeness (QED) is 0.750. The number of carbonyl (C=O) groups excluding carboxylic acids is 1. The lowest BCUT2D eigenvalue weighted by Crippen LogP contribution is -2.48. The van der Waals surface area contributed by atoms with E-state index in [1.165, 1.54) is 11.3 Å². The minimum Gasteiger partial charge on any atom is -0.372 e. The number of carbonyl (C=O) groups is 1. The number of hydrogen-bond acceptors (Lipinski definition) is 4. The second-order valence-corrected chi connectivity index (χ2v) is 5.09. The van der Waals surface area contributed by atoms with Gasteiger partial charge in [-0.3, -0.25) is 4.79 Å². The molecule has 1 aromatic rings. The summed E-state index contributed by atoms with van der Waals surface area (Å²) in [5.41, 5.74) is 2.54. The first-order valence-corrected chi connectivity index (χ1v) is 6.30. The molecule has 1 saturated heterocycles. The number of amides is 1. The molecule has 5 heteroatoms. The minimum atomic E-state index is 0.0852. The lowest BCUT2D eigenvalue weighted by atomic mass is 10.2. The van der Waals surface area contributed by atoms with E-state index in [1.54, 1.807) is 5.51 Å². The third-order valence-corrected chi connectivity index (χ3v) is 3.56. The van der Waals surface area contributed by atoms with Crippen molar-refractivity contribution in [2.75, 3.05) is 13.1 Å². The van der Waals surface area contributed by atoms with Crippen LogP contribution in [0.5, 0.6) is 0 Å². The van der Waals surface area contributed by atoms with Gasteiger partial charge >= 0.3 is 0 Å². The number of thiazole rings is 1. The molecule has 0 radical (unpaired) electrons. The fraction of sp³-hybridized carbons (Fsp3) is 0.636. The molecule has 1 aromatic heterocycles. The van der Waals surface area contributed by atoms with Gasteiger partial charge in [-0.15, -0.1) is 11.3 Å². The zero-order chi connectivity index (χ0) is 11.7. The number of hydrogen-bond donors (Lipinski definition) is 0. The van der Waals surface area contributed by atoms with Crippen molar-refractivity contribution in [3.63, 3.8) is 0 Å². The third kappa shape index (κ3) is 2.25. The molecule has 1 aliphatic heterocycles. The van der Waals surface area contributed by atoms with E-state index in [4.69, 9.17) is 4.74 Å². The molecule has 2 rings (SSSR count). The van der Waals surface area contributed by atoms with Crippen molar-refractivity contribution < 1.29 is 9.53 Å². The molecule has 0 spiro atoms. The lowest BCUT2D eigenvalue weighted by Gasteiger charge is -2.35. The number of nitrogens with zero attached hydrogens (tertiary/aromatic N) is 2. The zero-order valence-corrected chi connectivity index (χ0v) is 10.6. The van der Waals surface area contributed by atoms with Crippen LogP contribution in [0.2, 0.25) is 0 Å². The molecule has 88 valence electrons. The van der Waals surface area contributed by atoms with E-state index >= 15 is 0 Å². The average Bonchev–Trinajstić information content (AvgIpc) is 2.62. The summed E-state index contributed by atoms with van der Waals surface area (Å²) in [5, 5.41) is 0. The molecule has 0 aliphatic carbocycles. The van der Waals surface area contributed by atoms with Crippen molar-refractivity contribution in [1.29, 1.82) is 0 Å². The van der Waals surface area contributed by atoms with Crippen LogP contribution in [0.15, 0.2) is 5.51 Å². The first-order valence-electron chi connectivity index (χ1n) is 5.42. The molecule has 1 fully saturated rings. The predicted octanol–water partition coefficient (Wildman–Crippen LogP) is 1.70.